The van der Waals surface area contributed by atoms with Crippen molar-refractivity contribution in [2.24, 2.45) is 0 Å². The number of amides is 1. The number of pyridine rings is 1. The summed E-state index contributed by atoms with van der Waals surface area (Å²) in [5.74, 6) is -0.325. The van der Waals surface area contributed by atoms with Gasteiger partial charge in [0.25, 0.3) is 11.5 Å². The minimum Gasteiger partial charge on any atom is -0.383 e. The number of aryl methyl sites for hydroxylation is 3. The highest BCUT2D eigenvalue weighted by atomic mass is 16.5. The Hall–Kier alpha value is -2.41. The van der Waals surface area contributed by atoms with Gasteiger partial charge >= 0.3 is 0 Å². The molecule has 0 aliphatic heterocycles. The fourth-order valence-electron chi connectivity index (χ4n) is 2.63. The van der Waals surface area contributed by atoms with E-state index in [0.29, 0.717) is 25.3 Å². The second-order valence-electron chi connectivity index (χ2n) is 5.70. The van der Waals surface area contributed by atoms with Crippen LogP contribution in [0.1, 0.15) is 28.0 Å². The third-order valence-electron chi connectivity index (χ3n) is 3.89. The van der Waals surface area contributed by atoms with E-state index < -0.39 is 0 Å². The fraction of sp³-hybridized carbons (Fsp3) is 0.471. The lowest BCUT2D eigenvalue weighted by Crippen LogP contribution is -2.36. The van der Waals surface area contributed by atoms with Gasteiger partial charge in [0.2, 0.25) is 0 Å². The first-order valence-corrected chi connectivity index (χ1v) is 7.98. The second-order valence-corrected chi connectivity index (χ2v) is 5.70. The van der Waals surface area contributed by atoms with Crippen molar-refractivity contribution in [1.29, 1.82) is 0 Å². The number of nitrogens with zero attached hydrogens (tertiary/aromatic N) is 3. The molecule has 2 heterocycles. The number of rotatable bonds is 8. The summed E-state index contributed by atoms with van der Waals surface area (Å²) >= 11 is 0. The molecule has 130 valence electrons. The van der Waals surface area contributed by atoms with Crippen molar-refractivity contribution in [2.75, 3.05) is 20.3 Å². The van der Waals surface area contributed by atoms with Crippen molar-refractivity contribution < 1.29 is 9.53 Å². The molecule has 7 heteroatoms. The largest absolute Gasteiger partial charge is 0.383 e. The number of hydrogen-bond donors (Lipinski definition) is 1. The van der Waals surface area contributed by atoms with E-state index in [4.69, 9.17) is 4.74 Å². The zero-order valence-electron chi connectivity index (χ0n) is 14.4. The Labute approximate surface area is 141 Å². The molecule has 0 saturated carbocycles. The SMILES string of the molecule is COCCn1c(C)cc(C)c(C(=O)NCCCn2ccnc2)c1=O. The van der Waals surface area contributed by atoms with Gasteiger partial charge in [-0.05, 0) is 31.9 Å². The Morgan fingerprint density at radius 1 is 1.33 bits per heavy atom. The molecule has 7 nitrogen and oxygen atoms in total. The first-order valence-electron chi connectivity index (χ1n) is 7.98. The van der Waals surface area contributed by atoms with Gasteiger partial charge in [-0.25, -0.2) is 4.98 Å². The van der Waals surface area contributed by atoms with E-state index in [1.165, 1.54) is 0 Å². The number of carbonyl (C=O) groups excluding carboxylic acids is 1. The molecule has 2 aromatic heterocycles. The number of imidazole rings is 1. The molecule has 24 heavy (non-hydrogen) atoms. The molecule has 0 aliphatic rings. The fourth-order valence-corrected chi connectivity index (χ4v) is 2.63. The van der Waals surface area contributed by atoms with Gasteiger partial charge in [0, 0.05) is 44.8 Å². The maximum atomic E-state index is 12.6. The molecule has 0 bridgehead atoms. The molecule has 2 rings (SSSR count). The lowest BCUT2D eigenvalue weighted by molar-refractivity contribution is 0.0949. The topological polar surface area (TPSA) is 78.2 Å². The Morgan fingerprint density at radius 2 is 2.12 bits per heavy atom. The molecular weight excluding hydrogens is 308 g/mol. The molecule has 0 radical (unpaired) electrons. The average Bonchev–Trinajstić information content (AvgIpc) is 3.04. The smallest absolute Gasteiger partial charge is 0.263 e. The lowest BCUT2D eigenvalue weighted by Gasteiger charge is -2.14. The van der Waals surface area contributed by atoms with E-state index in [0.717, 1.165) is 18.7 Å². The van der Waals surface area contributed by atoms with E-state index in [9.17, 15) is 9.59 Å². The summed E-state index contributed by atoms with van der Waals surface area (Å²) in [4.78, 5) is 29.0. The summed E-state index contributed by atoms with van der Waals surface area (Å²) in [5.41, 5.74) is 1.46. The van der Waals surface area contributed by atoms with Gasteiger partial charge in [-0.2, -0.15) is 0 Å². The Balaban J connectivity index is 2.03. The van der Waals surface area contributed by atoms with Crippen LogP contribution in [0.3, 0.4) is 0 Å². The number of nitrogens with one attached hydrogen (secondary N) is 1. The van der Waals surface area contributed by atoms with Crippen molar-refractivity contribution in [3.05, 3.63) is 52.0 Å². The van der Waals surface area contributed by atoms with E-state index in [1.807, 2.05) is 23.8 Å². The summed E-state index contributed by atoms with van der Waals surface area (Å²) < 4.78 is 8.56. The first-order chi connectivity index (χ1) is 11.5. The van der Waals surface area contributed by atoms with Crippen molar-refractivity contribution >= 4 is 5.91 Å². The lowest BCUT2D eigenvalue weighted by atomic mass is 10.1. The molecule has 0 saturated heterocycles. The van der Waals surface area contributed by atoms with Crippen LogP contribution in [0.15, 0.2) is 29.6 Å². The molecule has 0 unspecified atom stereocenters. The number of carbonyl (C=O) groups is 1. The van der Waals surface area contributed by atoms with Gasteiger partial charge in [0.1, 0.15) is 5.56 Å². The van der Waals surface area contributed by atoms with Crippen LogP contribution in [0, 0.1) is 13.8 Å². The molecule has 0 spiro atoms. The number of hydrogen-bond acceptors (Lipinski definition) is 4. The third-order valence-corrected chi connectivity index (χ3v) is 3.89. The van der Waals surface area contributed by atoms with Gasteiger partial charge in [-0.15, -0.1) is 0 Å². The van der Waals surface area contributed by atoms with Gasteiger partial charge < -0.3 is 19.2 Å². The van der Waals surface area contributed by atoms with E-state index in [1.54, 1.807) is 31.1 Å². The van der Waals surface area contributed by atoms with Crippen molar-refractivity contribution in [1.82, 2.24) is 19.4 Å². The summed E-state index contributed by atoms with van der Waals surface area (Å²) in [6.45, 7) is 5.78. The highest BCUT2D eigenvalue weighted by Crippen LogP contribution is 2.06. The minimum absolute atomic E-state index is 0.208. The van der Waals surface area contributed by atoms with Crippen LogP contribution in [0.25, 0.3) is 0 Å². The Bertz CT molecular complexity index is 735. The van der Waals surface area contributed by atoms with E-state index in [-0.39, 0.29) is 17.0 Å². The monoisotopic (exact) mass is 332 g/mol. The number of aromatic nitrogens is 3. The minimum atomic E-state index is -0.325. The quantitative estimate of drug-likeness (QED) is 0.735. The second kappa shape index (κ2) is 8.44. The normalized spacial score (nSPS) is 10.8. The molecule has 0 fully saturated rings. The first kappa shape index (κ1) is 17.9. The molecule has 1 amide bonds. The summed E-state index contributed by atoms with van der Waals surface area (Å²) in [6, 6.07) is 1.86. The standard InChI is InChI=1S/C17H24N4O3/c1-13-11-14(2)21(9-10-24-3)17(23)15(13)16(22)19-5-4-7-20-8-6-18-12-20/h6,8,11-12H,4-5,7,9-10H2,1-3H3,(H,19,22). The van der Waals surface area contributed by atoms with Crippen LogP contribution in [0.4, 0.5) is 0 Å². The third kappa shape index (κ3) is 4.32. The van der Waals surface area contributed by atoms with Crippen LogP contribution in [0.5, 0.6) is 0 Å². The number of ether oxygens (including phenoxy) is 1. The molecular formula is C17H24N4O3. The van der Waals surface area contributed by atoms with Gasteiger partial charge in [0.15, 0.2) is 0 Å². The maximum absolute atomic E-state index is 12.6. The molecule has 0 aromatic carbocycles. The van der Waals surface area contributed by atoms with Crippen molar-refractivity contribution in [2.45, 2.75) is 33.4 Å². The van der Waals surface area contributed by atoms with Gasteiger partial charge in [-0.1, -0.05) is 0 Å². The highest BCUT2D eigenvalue weighted by molar-refractivity contribution is 5.95. The average molecular weight is 332 g/mol. The summed E-state index contributed by atoms with van der Waals surface area (Å²) in [5, 5.41) is 2.83. The van der Waals surface area contributed by atoms with Crippen molar-refractivity contribution in [3.63, 3.8) is 0 Å². The molecule has 2 aromatic rings. The summed E-state index contributed by atoms with van der Waals surface area (Å²) in [6.07, 6.45) is 6.10. The predicted octanol–water partition coefficient (Wildman–Crippen LogP) is 1.13. The number of methoxy groups -OCH3 is 1. The van der Waals surface area contributed by atoms with Gasteiger partial charge in [0.05, 0.1) is 12.9 Å². The maximum Gasteiger partial charge on any atom is 0.263 e. The predicted molar refractivity (Wildman–Crippen MR) is 91.2 cm³/mol. The zero-order chi connectivity index (χ0) is 17.5. The van der Waals surface area contributed by atoms with Crippen LogP contribution < -0.4 is 10.9 Å². The van der Waals surface area contributed by atoms with Crippen molar-refractivity contribution in [3.8, 4) is 0 Å². The van der Waals surface area contributed by atoms with E-state index in [2.05, 4.69) is 10.3 Å². The Kier molecular flexibility index (Phi) is 6.31. The molecule has 0 aliphatic carbocycles. The van der Waals surface area contributed by atoms with Crippen LogP contribution in [-0.4, -0.2) is 40.3 Å². The van der Waals surface area contributed by atoms with Gasteiger partial charge in [-0.3, -0.25) is 9.59 Å². The van der Waals surface area contributed by atoms with E-state index >= 15 is 0 Å². The molecule has 0 atom stereocenters. The highest BCUT2D eigenvalue weighted by Gasteiger charge is 2.17. The Morgan fingerprint density at radius 3 is 2.79 bits per heavy atom. The van der Waals surface area contributed by atoms with Crippen LogP contribution in [0.2, 0.25) is 0 Å². The van der Waals surface area contributed by atoms with Crippen LogP contribution in [-0.2, 0) is 17.8 Å². The summed E-state index contributed by atoms with van der Waals surface area (Å²) in [7, 11) is 1.59. The van der Waals surface area contributed by atoms with Crippen LogP contribution >= 0.6 is 0 Å². The zero-order valence-corrected chi connectivity index (χ0v) is 14.4. The molecule has 1 N–H and O–H groups in total.